The van der Waals surface area contributed by atoms with Crippen molar-refractivity contribution in [3.05, 3.63) is 16.6 Å². The maximum atomic E-state index is 12.4. The molecule has 22 heavy (non-hydrogen) atoms. The van der Waals surface area contributed by atoms with E-state index in [-0.39, 0.29) is 17.9 Å². The Morgan fingerprint density at radius 3 is 2.64 bits per heavy atom. The number of anilines is 2. The molecule has 0 aliphatic carbocycles. The summed E-state index contributed by atoms with van der Waals surface area (Å²) in [5, 5.41) is 6.33. The third-order valence-electron chi connectivity index (χ3n) is 3.49. The Hall–Kier alpha value is -2.38. The number of ether oxygens (including phenoxy) is 1. The van der Waals surface area contributed by atoms with E-state index in [1.54, 1.807) is 14.0 Å². The molecule has 1 aliphatic rings. The van der Waals surface area contributed by atoms with Gasteiger partial charge in [0.2, 0.25) is 0 Å². The molecule has 1 aliphatic heterocycles. The predicted octanol–water partition coefficient (Wildman–Crippen LogP) is 0.272. The zero-order valence-corrected chi connectivity index (χ0v) is 12.8. The number of nitrogens with zero attached hydrogens (tertiary/aromatic N) is 3. The molecular formula is C14H20N4O4. The van der Waals surface area contributed by atoms with Crippen LogP contribution in [0.15, 0.2) is 11.0 Å². The van der Waals surface area contributed by atoms with Crippen molar-refractivity contribution in [3.8, 4) is 0 Å². The van der Waals surface area contributed by atoms with E-state index in [9.17, 15) is 14.4 Å². The van der Waals surface area contributed by atoms with Crippen LogP contribution in [0.5, 0.6) is 0 Å². The van der Waals surface area contributed by atoms with Crippen LogP contribution >= 0.6 is 0 Å². The molecule has 1 saturated heterocycles. The number of piperidine rings is 1. The molecule has 2 heterocycles. The van der Waals surface area contributed by atoms with Crippen LogP contribution in [0.1, 0.15) is 26.2 Å². The highest BCUT2D eigenvalue weighted by atomic mass is 16.5. The van der Waals surface area contributed by atoms with E-state index >= 15 is 0 Å². The zero-order chi connectivity index (χ0) is 16.1. The highest BCUT2D eigenvalue weighted by molar-refractivity contribution is 6.37. The summed E-state index contributed by atoms with van der Waals surface area (Å²) in [4.78, 5) is 37.5. The second-order valence-electron chi connectivity index (χ2n) is 5.06. The van der Waals surface area contributed by atoms with Gasteiger partial charge >= 0.3 is 11.9 Å². The Morgan fingerprint density at radius 1 is 1.32 bits per heavy atom. The number of aromatic nitrogens is 2. The fourth-order valence-electron chi connectivity index (χ4n) is 2.41. The van der Waals surface area contributed by atoms with Gasteiger partial charge in [-0.2, -0.15) is 5.10 Å². The van der Waals surface area contributed by atoms with Crippen LogP contribution < -0.4 is 15.8 Å². The van der Waals surface area contributed by atoms with E-state index in [0.29, 0.717) is 5.69 Å². The maximum Gasteiger partial charge on any atom is 0.397 e. The molecule has 1 N–H and O–H groups in total. The number of amides is 1. The van der Waals surface area contributed by atoms with Crippen molar-refractivity contribution in [2.45, 2.75) is 26.2 Å². The van der Waals surface area contributed by atoms with Gasteiger partial charge in [-0.1, -0.05) is 0 Å². The van der Waals surface area contributed by atoms with Crippen molar-refractivity contribution in [1.82, 2.24) is 9.78 Å². The number of nitrogens with one attached hydrogen (secondary N) is 1. The zero-order valence-electron chi connectivity index (χ0n) is 12.8. The summed E-state index contributed by atoms with van der Waals surface area (Å²) >= 11 is 0. The number of hydrogen-bond donors (Lipinski definition) is 1. The van der Waals surface area contributed by atoms with Gasteiger partial charge in [-0.25, -0.2) is 9.48 Å². The molecule has 0 bridgehead atoms. The van der Waals surface area contributed by atoms with Crippen molar-refractivity contribution < 1.29 is 14.3 Å². The smallest absolute Gasteiger partial charge is 0.397 e. The Kier molecular flexibility index (Phi) is 5.13. The van der Waals surface area contributed by atoms with Crippen LogP contribution in [0.25, 0.3) is 0 Å². The maximum absolute atomic E-state index is 12.4. The van der Waals surface area contributed by atoms with Crippen LogP contribution in [0.4, 0.5) is 11.4 Å². The van der Waals surface area contributed by atoms with Gasteiger partial charge in [0.1, 0.15) is 5.69 Å². The van der Waals surface area contributed by atoms with Gasteiger partial charge in [-0.05, 0) is 26.2 Å². The number of aryl methyl sites for hydroxylation is 1. The first-order chi connectivity index (χ1) is 10.5. The first-order valence-electron chi connectivity index (χ1n) is 7.34. The molecule has 1 amide bonds. The van der Waals surface area contributed by atoms with Gasteiger partial charge in [0.15, 0.2) is 0 Å². The molecule has 0 spiro atoms. The van der Waals surface area contributed by atoms with Crippen molar-refractivity contribution in [2.75, 3.05) is 29.9 Å². The van der Waals surface area contributed by atoms with Gasteiger partial charge in [-0.15, -0.1) is 0 Å². The van der Waals surface area contributed by atoms with Gasteiger partial charge in [0.25, 0.3) is 5.56 Å². The summed E-state index contributed by atoms with van der Waals surface area (Å²) in [5.41, 5.74) is 0.307. The minimum absolute atomic E-state index is 0.111. The van der Waals surface area contributed by atoms with E-state index in [4.69, 9.17) is 0 Å². The minimum Gasteiger partial charge on any atom is -0.459 e. The molecule has 0 unspecified atom stereocenters. The molecule has 0 aromatic carbocycles. The molecule has 1 aromatic heterocycles. The summed E-state index contributed by atoms with van der Waals surface area (Å²) in [6.45, 7) is 3.20. The minimum atomic E-state index is -0.979. The van der Waals surface area contributed by atoms with Crippen molar-refractivity contribution >= 4 is 23.3 Å². The summed E-state index contributed by atoms with van der Waals surface area (Å²) in [6, 6.07) is 0. The molecule has 120 valence electrons. The summed E-state index contributed by atoms with van der Waals surface area (Å²) < 4.78 is 5.86. The van der Waals surface area contributed by atoms with Gasteiger partial charge in [-0.3, -0.25) is 9.59 Å². The van der Waals surface area contributed by atoms with Crippen LogP contribution in [0, 0.1) is 0 Å². The Morgan fingerprint density at radius 2 is 2.00 bits per heavy atom. The van der Waals surface area contributed by atoms with Crippen LogP contribution in [-0.4, -0.2) is 41.4 Å². The van der Waals surface area contributed by atoms with Crippen LogP contribution in [0.2, 0.25) is 0 Å². The number of carbonyl (C=O) groups is 2. The predicted molar refractivity (Wildman–Crippen MR) is 80.8 cm³/mol. The molecule has 0 saturated carbocycles. The van der Waals surface area contributed by atoms with Crippen molar-refractivity contribution in [3.63, 3.8) is 0 Å². The molecule has 1 fully saturated rings. The average Bonchev–Trinajstić information content (AvgIpc) is 2.52. The van der Waals surface area contributed by atoms with Crippen molar-refractivity contribution in [2.24, 2.45) is 7.05 Å². The lowest BCUT2D eigenvalue weighted by atomic mass is 10.1. The fraction of sp³-hybridized carbons (Fsp3) is 0.571. The summed E-state index contributed by atoms with van der Waals surface area (Å²) in [7, 11) is 1.55. The van der Waals surface area contributed by atoms with E-state index < -0.39 is 11.9 Å². The third kappa shape index (κ3) is 3.44. The number of rotatable bonds is 3. The Labute approximate surface area is 128 Å². The molecule has 0 radical (unpaired) electrons. The fourth-order valence-corrected chi connectivity index (χ4v) is 2.41. The van der Waals surface area contributed by atoms with E-state index in [1.807, 2.05) is 4.90 Å². The normalized spacial score (nSPS) is 14.5. The van der Waals surface area contributed by atoms with Gasteiger partial charge in [0.05, 0.1) is 18.5 Å². The molecule has 2 rings (SSSR count). The largest absolute Gasteiger partial charge is 0.459 e. The number of hydrogen-bond acceptors (Lipinski definition) is 6. The molecule has 1 aromatic rings. The van der Waals surface area contributed by atoms with Gasteiger partial charge < -0.3 is 15.0 Å². The highest BCUT2D eigenvalue weighted by Crippen LogP contribution is 2.23. The van der Waals surface area contributed by atoms with E-state index in [1.165, 1.54) is 10.9 Å². The Bertz CT molecular complexity index is 620. The van der Waals surface area contributed by atoms with E-state index in [2.05, 4.69) is 15.2 Å². The van der Waals surface area contributed by atoms with Crippen molar-refractivity contribution in [1.29, 1.82) is 0 Å². The third-order valence-corrected chi connectivity index (χ3v) is 3.49. The first-order valence-corrected chi connectivity index (χ1v) is 7.34. The topological polar surface area (TPSA) is 93.5 Å². The summed E-state index contributed by atoms with van der Waals surface area (Å²) in [5.74, 6) is -1.89. The molecule has 8 heteroatoms. The first kappa shape index (κ1) is 16.0. The molecule has 8 nitrogen and oxygen atoms in total. The monoisotopic (exact) mass is 308 g/mol. The number of carbonyl (C=O) groups excluding carboxylic acids is 2. The average molecular weight is 308 g/mol. The quantitative estimate of drug-likeness (QED) is 0.636. The van der Waals surface area contributed by atoms with Crippen LogP contribution in [0.3, 0.4) is 0 Å². The molecule has 0 atom stereocenters. The highest BCUT2D eigenvalue weighted by Gasteiger charge is 2.23. The number of esters is 1. The lowest BCUT2D eigenvalue weighted by molar-refractivity contribution is -0.152. The SMILES string of the molecule is CCOC(=O)C(=O)Nc1cnn(C)c(=O)c1N1CCCCC1. The second kappa shape index (κ2) is 7.06. The van der Waals surface area contributed by atoms with Gasteiger partial charge in [0, 0.05) is 20.1 Å². The summed E-state index contributed by atoms with van der Waals surface area (Å²) in [6.07, 6.45) is 4.46. The lowest BCUT2D eigenvalue weighted by Gasteiger charge is -2.29. The Balaban J connectivity index is 2.30. The van der Waals surface area contributed by atoms with Crippen LogP contribution in [-0.2, 0) is 21.4 Å². The van der Waals surface area contributed by atoms with E-state index in [0.717, 1.165) is 32.4 Å². The lowest BCUT2D eigenvalue weighted by Crippen LogP contribution is -2.38. The standard InChI is InChI=1S/C14H20N4O4/c1-3-22-14(21)12(19)16-10-9-15-17(2)13(20)11(10)18-7-5-4-6-8-18/h9H,3-8H2,1-2H3,(H,16,19). The second-order valence-corrected chi connectivity index (χ2v) is 5.06. The molecular weight excluding hydrogens is 288 g/mol.